The second-order valence-corrected chi connectivity index (χ2v) is 4.75. The number of hydrogen-bond acceptors (Lipinski definition) is 3. The molecular formula is C18H19NO3. The van der Waals surface area contributed by atoms with Crippen molar-refractivity contribution in [2.75, 3.05) is 19.5 Å². The average Bonchev–Trinajstić information content (AvgIpc) is 2.54. The smallest absolute Gasteiger partial charge is 0.248 e. The van der Waals surface area contributed by atoms with Crippen LogP contribution in [0.25, 0.3) is 6.08 Å². The summed E-state index contributed by atoms with van der Waals surface area (Å²) in [6, 6.07) is 13.1. The van der Waals surface area contributed by atoms with Crippen molar-refractivity contribution in [2.45, 2.75) is 6.92 Å². The highest BCUT2D eigenvalue weighted by molar-refractivity contribution is 6.02. The standard InChI is InChI=1S/C18H19NO3/c1-13-6-4-5-7-15(13)19-18(20)11-9-14-8-10-16(21-2)17(12-14)22-3/h4-12H,1-3H3,(H,19,20)/b11-9+. The first-order chi connectivity index (χ1) is 10.6. The summed E-state index contributed by atoms with van der Waals surface area (Å²) in [5.74, 6) is 1.11. The van der Waals surface area contributed by atoms with E-state index in [0.717, 1.165) is 16.8 Å². The fourth-order valence-electron chi connectivity index (χ4n) is 2.02. The number of nitrogens with one attached hydrogen (secondary N) is 1. The summed E-state index contributed by atoms with van der Waals surface area (Å²) in [7, 11) is 3.17. The summed E-state index contributed by atoms with van der Waals surface area (Å²) >= 11 is 0. The van der Waals surface area contributed by atoms with E-state index in [9.17, 15) is 4.79 Å². The number of hydrogen-bond donors (Lipinski definition) is 1. The van der Waals surface area contributed by atoms with Crippen LogP contribution in [0.3, 0.4) is 0 Å². The van der Waals surface area contributed by atoms with Crippen molar-refractivity contribution in [3.05, 3.63) is 59.7 Å². The van der Waals surface area contributed by atoms with E-state index in [1.807, 2.05) is 43.3 Å². The number of para-hydroxylation sites is 1. The molecule has 2 rings (SSSR count). The molecule has 0 aliphatic rings. The molecule has 2 aromatic carbocycles. The molecule has 1 amide bonds. The number of carbonyl (C=O) groups is 1. The Kier molecular flexibility index (Phi) is 5.20. The van der Waals surface area contributed by atoms with Crippen LogP contribution in [0.4, 0.5) is 5.69 Å². The van der Waals surface area contributed by atoms with Crippen LogP contribution in [-0.2, 0) is 4.79 Å². The molecule has 0 heterocycles. The molecule has 0 saturated carbocycles. The Morgan fingerprint density at radius 1 is 1.05 bits per heavy atom. The van der Waals surface area contributed by atoms with Gasteiger partial charge in [0.25, 0.3) is 0 Å². The molecule has 0 aliphatic heterocycles. The van der Waals surface area contributed by atoms with E-state index in [1.165, 1.54) is 6.08 Å². The topological polar surface area (TPSA) is 47.6 Å². The third kappa shape index (κ3) is 3.88. The van der Waals surface area contributed by atoms with E-state index in [2.05, 4.69) is 5.32 Å². The van der Waals surface area contributed by atoms with Crippen molar-refractivity contribution in [1.82, 2.24) is 0 Å². The van der Waals surface area contributed by atoms with Crippen molar-refractivity contribution in [1.29, 1.82) is 0 Å². The number of rotatable bonds is 5. The van der Waals surface area contributed by atoms with Gasteiger partial charge in [-0.3, -0.25) is 4.79 Å². The van der Waals surface area contributed by atoms with Crippen LogP contribution in [0.15, 0.2) is 48.5 Å². The van der Waals surface area contributed by atoms with E-state index in [1.54, 1.807) is 26.4 Å². The number of aryl methyl sites for hydroxylation is 1. The van der Waals surface area contributed by atoms with Crippen molar-refractivity contribution < 1.29 is 14.3 Å². The molecule has 4 heteroatoms. The van der Waals surface area contributed by atoms with Gasteiger partial charge in [-0.15, -0.1) is 0 Å². The Labute approximate surface area is 130 Å². The Hall–Kier alpha value is -2.75. The lowest BCUT2D eigenvalue weighted by molar-refractivity contribution is -0.111. The van der Waals surface area contributed by atoms with Crippen LogP contribution in [-0.4, -0.2) is 20.1 Å². The first kappa shape index (κ1) is 15.6. The van der Waals surface area contributed by atoms with Gasteiger partial charge in [-0.1, -0.05) is 24.3 Å². The van der Waals surface area contributed by atoms with Crippen molar-refractivity contribution in [2.24, 2.45) is 0 Å². The van der Waals surface area contributed by atoms with Crippen molar-refractivity contribution >= 4 is 17.7 Å². The number of carbonyl (C=O) groups excluding carboxylic acids is 1. The van der Waals surface area contributed by atoms with Gasteiger partial charge in [0.05, 0.1) is 14.2 Å². The average molecular weight is 297 g/mol. The second-order valence-electron chi connectivity index (χ2n) is 4.75. The first-order valence-electron chi connectivity index (χ1n) is 6.90. The monoisotopic (exact) mass is 297 g/mol. The Bertz CT molecular complexity index is 692. The fourth-order valence-corrected chi connectivity index (χ4v) is 2.02. The predicted molar refractivity (Wildman–Crippen MR) is 88.4 cm³/mol. The molecule has 0 radical (unpaired) electrons. The van der Waals surface area contributed by atoms with Gasteiger partial charge in [-0.05, 0) is 42.3 Å². The van der Waals surface area contributed by atoms with Gasteiger partial charge in [0.2, 0.25) is 5.91 Å². The lowest BCUT2D eigenvalue weighted by Gasteiger charge is -2.08. The Morgan fingerprint density at radius 3 is 2.45 bits per heavy atom. The van der Waals surface area contributed by atoms with E-state index in [4.69, 9.17) is 9.47 Å². The largest absolute Gasteiger partial charge is 0.493 e. The maximum absolute atomic E-state index is 12.0. The van der Waals surface area contributed by atoms with Gasteiger partial charge in [0.1, 0.15) is 0 Å². The van der Waals surface area contributed by atoms with Crippen LogP contribution in [0.2, 0.25) is 0 Å². The van der Waals surface area contributed by atoms with Crippen LogP contribution in [0, 0.1) is 6.92 Å². The van der Waals surface area contributed by atoms with Gasteiger partial charge >= 0.3 is 0 Å². The zero-order chi connectivity index (χ0) is 15.9. The molecule has 114 valence electrons. The van der Waals surface area contributed by atoms with Gasteiger partial charge in [0, 0.05) is 11.8 Å². The van der Waals surface area contributed by atoms with E-state index in [0.29, 0.717) is 11.5 Å². The van der Waals surface area contributed by atoms with E-state index < -0.39 is 0 Å². The van der Waals surface area contributed by atoms with Crippen LogP contribution in [0.1, 0.15) is 11.1 Å². The lowest BCUT2D eigenvalue weighted by atomic mass is 10.1. The molecule has 0 unspecified atom stereocenters. The number of benzene rings is 2. The normalized spacial score (nSPS) is 10.5. The Balaban J connectivity index is 2.08. The number of ether oxygens (including phenoxy) is 2. The number of amides is 1. The highest BCUT2D eigenvalue weighted by Gasteiger charge is 2.04. The zero-order valence-electron chi connectivity index (χ0n) is 12.9. The highest BCUT2D eigenvalue weighted by atomic mass is 16.5. The van der Waals surface area contributed by atoms with Crippen LogP contribution in [0.5, 0.6) is 11.5 Å². The molecule has 0 spiro atoms. The summed E-state index contributed by atoms with van der Waals surface area (Å²) in [6.07, 6.45) is 3.23. The van der Waals surface area contributed by atoms with Crippen molar-refractivity contribution in [3.63, 3.8) is 0 Å². The molecule has 0 aliphatic carbocycles. The molecule has 0 fully saturated rings. The van der Waals surface area contributed by atoms with Gasteiger partial charge in [-0.2, -0.15) is 0 Å². The number of methoxy groups -OCH3 is 2. The molecule has 0 bridgehead atoms. The molecule has 2 aromatic rings. The predicted octanol–water partition coefficient (Wildman–Crippen LogP) is 3.66. The van der Waals surface area contributed by atoms with Gasteiger partial charge < -0.3 is 14.8 Å². The maximum Gasteiger partial charge on any atom is 0.248 e. The maximum atomic E-state index is 12.0. The molecule has 0 saturated heterocycles. The summed E-state index contributed by atoms with van der Waals surface area (Å²) < 4.78 is 10.4. The number of anilines is 1. The fraction of sp³-hybridized carbons (Fsp3) is 0.167. The minimum Gasteiger partial charge on any atom is -0.493 e. The Morgan fingerprint density at radius 2 is 1.77 bits per heavy atom. The molecule has 4 nitrogen and oxygen atoms in total. The minimum atomic E-state index is -0.177. The van der Waals surface area contributed by atoms with Crippen LogP contribution < -0.4 is 14.8 Å². The second kappa shape index (κ2) is 7.31. The molecule has 22 heavy (non-hydrogen) atoms. The molecule has 0 atom stereocenters. The summed E-state index contributed by atoms with van der Waals surface area (Å²) in [6.45, 7) is 1.95. The third-order valence-corrected chi connectivity index (χ3v) is 3.24. The molecule has 1 N–H and O–H groups in total. The quantitative estimate of drug-likeness (QED) is 0.857. The third-order valence-electron chi connectivity index (χ3n) is 3.24. The summed E-state index contributed by atoms with van der Waals surface area (Å²) in [5.41, 5.74) is 2.69. The highest BCUT2D eigenvalue weighted by Crippen LogP contribution is 2.27. The molecule has 0 aromatic heterocycles. The summed E-state index contributed by atoms with van der Waals surface area (Å²) in [5, 5.41) is 2.85. The lowest BCUT2D eigenvalue weighted by Crippen LogP contribution is -2.08. The van der Waals surface area contributed by atoms with Crippen molar-refractivity contribution in [3.8, 4) is 11.5 Å². The van der Waals surface area contributed by atoms with Crippen LogP contribution >= 0.6 is 0 Å². The zero-order valence-corrected chi connectivity index (χ0v) is 12.9. The van der Waals surface area contributed by atoms with E-state index >= 15 is 0 Å². The minimum absolute atomic E-state index is 0.177. The molecular weight excluding hydrogens is 278 g/mol. The SMILES string of the molecule is COc1ccc(/C=C/C(=O)Nc2ccccc2C)cc1OC. The van der Waals surface area contributed by atoms with Gasteiger partial charge in [0.15, 0.2) is 11.5 Å². The van der Waals surface area contributed by atoms with E-state index in [-0.39, 0.29) is 5.91 Å². The van der Waals surface area contributed by atoms with Gasteiger partial charge in [-0.25, -0.2) is 0 Å². The summed E-state index contributed by atoms with van der Waals surface area (Å²) in [4.78, 5) is 12.0. The first-order valence-corrected chi connectivity index (χ1v) is 6.90.